The minimum absolute atomic E-state index is 0.00468. The van der Waals surface area contributed by atoms with Crippen molar-refractivity contribution in [3.63, 3.8) is 0 Å². The van der Waals surface area contributed by atoms with Crippen molar-refractivity contribution in [3.8, 4) is 5.75 Å². The first kappa shape index (κ1) is 14.7. The number of nitrogens with one attached hydrogen (secondary N) is 1. The monoisotopic (exact) mass is 249 g/mol. The Hall–Kier alpha value is -1.32. The van der Waals surface area contributed by atoms with Gasteiger partial charge in [-0.15, -0.1) is 6.58 Å². The number of rotatable bonds is 8. The number of hydrogen-bond acceptors (Lipinski definition) is 3. The molecular formula is C15H23NO2. The molecule has 18 heavy (non-hydrogen) atoms. The largest absolute Gasteiger partial charge is 0.508 e. The van der Waals surface area contributed by atoms with Crippen LogP contribution in [0.3, 0.4) is 0 Å². The average Bonchev–Trinajstić information content (AvgIpc) is 2.38. The zero-order valence-corrected chi connectivity index (χ0v) is 11.3. The molecule has 0 aliphatic carbocycles. The second-order valence-electron chi connectivity index (χ2n) is 4.87. The molecule has 1 atom stereocenters. The predicted octanol–water partition coefficient (Wildman–Crippen LogP) is 2.36. The molecule has 1 aromatic carbocycles. The van der Waals surface area contributed by atoms with Gasteiger partial charge in [0.25, 0.3) is 0 Å². The Kier molecular flexibility index (Phi) is 5.89. The topological polar surface area (TPSA) is 41.5 Å². The van der Waals surface area contributed by atoms with Crippen LogP contribution in [0, 0.1) is 5.41 Å². The third-order valence-corrected chi connectivity index (χ3v) is 3.05. The number of benzene rings is 1. The molecule has 1 unspecified atom stereocenters. The lowest BCUT2D eigenvalue weighted by molar-refractivity contribution is 0.196. The minimum Gasteiger partial charge on any atom is -0.508 e. The zero-order valence-electron chi connectivity index (χ0n) is 11.3. The summed E-state index contributed by atoms with van der Waals surface area (Å²) in [6.07, 6.45) is 2.89. The maximum Gasteiger partial charge on any atom is 0.115 e. The number of phenolic OH excluding ortho intramolecular Hbond substituents is 1. The van der Waals surface area contributed by atoms with Gasteiger partial charge in [-0.1, -0.05) is 25.1 Å². The van der Waals surface area contributed by atoms with E-state index in [-0.39, 0.29) is 5.41 Å². The van der Waals surface area contributed by atoms with E-state index in [2.05, 4.69) is 18.8 Å². The van der Waals surface area contributed by atoms with Crippen molar-refractivity contribution in [2.75, 3.05) is 26.8 Å². The van der Waals surface area contributed by atoms with Gasteiger partial charge in [-0.2, -0.15) is 0 Å². The van der Waals surface area contributed by atoms with Gasteiger partial charge in [0.05, 0.1) is 6.61 Å². The lowest BCUT2D eigenvalue weighted by Gasteiger charge is -2.26. The molecule has 0 bridgehead atoms. The summed E-state index contributed by atoms with van der Waals surface area (Å²) in [6.45, 7) is 8.52. The first-order chi connectivity index (χ1) is 8.59. The molecule has 0 amide bonds. The lowest BCUT2D eigenvalue weighted by atomic mass is 9.83. The number of methoxy groups -OCH3 is 1. The molecule has 100 valence electrons. The summed E-state index contributed by atoms with van der Waals surface area (Å²) < 4.78 is 5.01. The van der Waals surface area contributed by atoms with Gasteiger partial charge < -0.3 is 15.2 Å². The molecule has 2 N–H and O–H groups in total. The van der Waals surface area contributed by atoms with Crippen LogP contribution in [-0.4, -0.2) is 31.9 Å². The third kappa shape index (κ3) is 4.90. The SMILES string of the molecule is C=CC(C)(CNCCOC)Cc1ccc(O)cc1. The third-order valence-electron chi connectivity index (χ3n) is 3.05. The summed E-state index contributed by atoms with van der Waals surface area (Å²) in [5, 5.41) is 12.6. The van der Waals surface area contributed by atoms with E-state index in [1.807, 2.05) is 18.2 Å². The van der Waals surface area contributed by atoms with E-state index in [9.17, 15) is 5.11 Å². The van der Waals surface area contributed by atoms with Crippen molar-refractivity contribution in [2.45, 2.75) is 13.3 Å². The Morgan fingerprint density at radius 3 is 2.61 bits per heavy atom. The summed E-state index contributed by atoms with van der Waals surface area (Å²) in [5.74, 6) is 0.303. The predicted molar refractivity (Wildman–Crippen MR) is 74.9 cm³/mol. The van der Waals surface area contributed by atoms with Crippen LogP contribution in [0.1, 0.15) is 12.5 Å². The normalized spacial score (nSPS) is 14.1. The van der Waals surface area contributed by atoms with Crippen molar-refractivity contribution in [3.05, 3.63) is 42.5 Å². The van der Waals surface area contributed by atoms with Crippen molar-refractivity contribution in [1.29, 1.82) is 0 Å². The number of ether oxygens (including phenoxy) is 1. The van der Waals surface area contributed by atoms with E-state index >= 15 is 0 Å². The Bertz CT molecular complexity index is 361. The zero-order chi connectivity index (χ0) is 13.4. The highest BCUT2D eigenvalue weighted by Gasteiger charge is 2.20. The van der Waals surface area contributed by atoms with Crippen molar-refractivity contribution >= 4 is 0 Å². The fraction of sp³-hybridized carbons (Fsp3) is 0.467. The molecule has 1 rings (SSSR count). The quantitative estimate of drug-likeness (QED) is 0.549. The van der Waals surface area contributed by atoms with Crippen molar-refractivity contribution in [2.24, 2.45) is 5.41 Å². The lowest BCUT2D eigenvalue weighted by Crippen LogP contribution is -2.33. The molecule has 0 aliphatic rings. The Balaban J connectivity index is 2.53. The van der Waals surface area contributed by atoms with Gasteiger partial charge in [0.1, 0.15) is 5.75 Å². The molecule has 0 spiro atoms. The highest BCUT2D eigenvalue weighted by molar-refractivity contribution is 5.27. The molecule has 0 fully saturated rings. The van der Waals surface area contributed by atoms with Crippen LogP contribution in [-0.2, 0) is 11.2 Å². The van der Waals surface area contributed by atoms with Gasteiger partial charge in [0.15, 0.2) is 0 Å². The van der Waals surface area contributed by atoms with Crippen LogP contribution < -0.4 is 5.32 Å². The molecule has 0 aromatic heterocycles. The number of hydrogen-bond donors (Lipinski definition) is 2. The first-order valence-corrected chi connectivity index (χ1v) is 6.21. The Morgan fingerprint density at radius 2 is 2.06 bits per heavy atom. The summed E-state index contributed by atoms with van der Waals surface area (Å²) in [4.78, 5) is 0. The maximum absolute atomic E-state index is 9.27. The van der Waals surface area contributed by atoms with Crippen LogP contribution in [0.4, 0.5) is 0 Å². The standard InChI is InChI=1S/C15H23NO2/c1-4-15(2,12-16-9-10-18-3)11-13-5-7-14(17)8-6-13/h4-8,16-17H,1,9-12H2,2-3H3. The van der Waals surface area contributed by atoms with E-state index in [4.69, 9.17) is 4.74 Å². The van der Waals surface area contributed by atoms with Gasteiger partial charge in [0.2, 0.25) is 0 Å². The Labute approximate surface area is 109 Å². The van der Waals surface area contributed by atoms with Crippen molar-refractivity contribution in [1.82, 2.24) is 5.32 Å². The maximum atomic E-state index is 9.27. The van der Waals surface area contributed by atoms with E-state index in [1.54, 1.807) is 19.2 Å². The molecule has 0 aliphatic heterocycles. The molecule has 0 heterocycles. The molecule has 0 saturated heterocycles. The van der Waals surface area contributed by atoms with Gasteiger partial charge in [-0.25, -0.2) is 0 Å². The smallest absolute Gasteiger partial charge is 0.115 e. The van der Waals surface area contributed by atoms with Gasteiger partial charge >= 0.3 is 0 Å². The molecule has 1 aromatic rings. The fourth-order valence-electron chi connectivity index (χ4n) is 1.84. The Morgan fingerprint density at radius 1 is 1.39 bits per heavy atom. The van der Waals surface area contributed by atoms with Crippen LogP contribution in [0.5, 0.6) is 5.75 Å². The molecule has 3 nitrogen and oxygen atoms in total. The molecular weight excluding hydrogens is 226 g/mol. The van der Waals surface area contributed by atoms with E-state index in [0.29, 0.717) is 12.4 Å². The van der Waals surface area contributed by atoms with Gasteiger partial charge in [0, 0.05) is 25.6 Å². The van der Waals surface area contributed by atoms with Crippen molar-refractivity contribution < 1.29 is 9.84 Å². The fourth-order valence-corrected chi connectivity index (χ4v) is 1.84. The van der Waals surface area contributed by atoms with Crippen LogP contribution in [0.25, 0.3) is 0 Å². The molecule has 0 radical (unpaired) electrons. The summed E-state index contributed by atoms with van der Waals surface area (Å²) in [7, 11) is 1.70. The highest BCUT2D eigenvalue weighted by Crippen LogP contribution is 2.24. The summed E-state index contributed by atoms with van der Waals surface area (Å²) in [5.41, 5.74) is 1.20. The van der Waals surface area contributed by atoms with Gasteiger partial charge in [-0.05, 0) is 24.1 Å². The van der Waals surface area contributed by atoms with E-state index in [1.165, 1.54) is 5.56 Å². The molecule has 0 saturated carbocycles. The highest BCUT2D eigenvalue weighted by atomic mass is 16.5. The van der Waals surface area contributed by atoms with Crippen LogP contribution in [0.2, 0.25) is 0 Å². The van der Waals surface area contributed by atoms with Crippen LogP contribution >= 0.6 is 0 Å². The van der Waals surface area contributed by atoms with E-state index in [0.717, 1.165) is 19.5 Å². The molecule has 3 heteroatoms. The summed E-state index contributed by atoms with van der Waals surface area (Å²) in [6, 6.07) is 7.34. The average molecular weight is 249 g/mol. The second-order valence-corrected chi connectivity index (χ2v) is 4.87. The van der Waals surface area contributed by atoms with Crippen LogP contribution in [0.15, 0.2) is 36.9 Å². The van der Waals surface area contributed by atoms with Gasteiger partial charge in [-0.3, -0.25) is 0 Å². The first-order valence-electron chi connectivity index (χ1n) is 6.21. The summed E-state index contributed by atoms with van der Waals surface area (Å²) >= 11 is 0. The minimum atomic E-state index is 0.00468. The number of phenols is 1. The number of aromatic hydroxyl groups is 1. The second kappa shape index (κ2) is 7.19. The van der Waals surface area contributed by atoms with E-state index < -0.39 is 0 Å².